The summed E-state index contributed by atoms with van der Waals surface area (Å²) in [5, 5.41) is 2.03. The van der Waals surface area contributed by atoms with E-state index in [4.69, 9.17) is 5.73 Å². The summed E-state index contributed by atoms with van der Waals surface area (Å²) in [6, 6.07) is 6.18. The maximum atomic E-state index is 6.31. The molecule has 0 spiro atoms. The molecule has 0 amide bonds. The number of hydrogen-bond acceptors (Lipinski definition) is 3. The highest BCUT2D eigenvalue weighted by Gasteiger charge is 2.13. The van der Waals surface area contributed by atoms with Crippen LogP contribution in [0.2, 0.25) is 0 Å². The van der Waals surface area contributed by atoms with E-state index in [0.717, 1.165) is 27.1 Å². The molecule has 3 aromatic rings. The van der Waals surface area contributed by atoms with Crippen molar-refractivity contribution in [3.63, 3.8) is 0 Å². The molecule has 2 heterocycles. The van der Waals surface area contributed by atoms with Crippen molar-refractivity contribution >= 4 is 54.8 Å². The number of nitrogens with zero attached hydrogens (tertiary/aromatic N) is 2. The van der Waals surface area contributed by atoms with Crippen LogP contribution in [0.3, 0.4) is 0 Å². The van der Waals surface area contributed by atoms with Crippen LogP contribution >= 0.6 is 49.9 Å². The first-order valence-electron chi connectivity index (χ1n) is 5.75. The zero-order valence-electron chi connectivity index (χ0n) is 9.88. The Hall–Kier alpha value is -0.440. The largest absolute Gasteiger partial charge is 0.324 e. The fourth-order valence-electron chi connectivity index (χ4n) is 2.01. The Balaban J connectivity index is 1.86. The summed E-state index contributed by atoms with van der Waals surface area (Å²) in [5.41, 5.74) is 8.47. The number of benzene rings is 1. The fourth-order valence-corrected chi connectivity index (χ4v) is 3.78. The van der Waals surface area contributed by atoms with E-state index < -0.39 is 0 Å². The quantitative estimate of drug-likeness (QED) is 0.616. The first-order chi connectivity index (χ1) is 9.13. The van der Waals surface area contributed by atoms with Crippen molar-refractivity contribution < 1.29 is 0 Å². The Morgan fingerprint density at radius 3 is 3.11 bits per heavy atom. The summed E-state index contributed by atoms with van der Waals surface area (Å²) >= 11 is 7.50. The summed E-state index contributed by atoms with van der Waals surface area (Å²) in [7, 11) is 0. The minimum absolute atomic E-state index is 0.0475. The second-order valence-corrected chi connectivity index (χ2v) is 7.27. The van der Waals surface area contributed by atoms with E-state index in [0.29, 0.717) is 0 Å². The van der Waals surface area contributed by atoms with Gasteiger partial charge in [-0.25, -0.2) is 4.98 Å². The number of imidazole rings is 1. The third-order valence-electron chi connectivity index (χ3n) is 2.93. The highest BCUT2D eigenvalue weighted by atomic mass is 127. The predicted octanol–water partition coefficient (Wildman–Crippen LogP) is 4.01. The first kappa shape index (κ1) is 13.5. The van der Waals surface area contributed by atoms with E-state index in [1.54, 1.807) is 11.3 Å². The lowest BCUT2D eigenvalue weighted by Gasteiger charge is -2.13. The minimum atomic E-state index is -0.0475. The van der Waals surface area contributed by atoms with Crippen LogP contribution in [0, 0.1) is 3.57 Å². The van der Waals surface area contributed by atoms with Crippen LogP contribution in [-0.4, -0.2) is 9.38 Å². The molecule has 2 aromatic heterocycles. The Labute approximate surface area is 137 Å². The predicted molar refractivity (Wildman–Crippen MR) is 90.6 cm³/mol. The van der Waals surface area contributed by atoms with Gasteiger partial charge < -0.3 is 5.73 Å². The Morgan fingerprint density at radius 1 is 1.47 bits per heavy atom. The van der Waals surface area contributed by atoms with E-state index in [2.05, 4.69) is 55.6 Å². The van der Waals surface area contributed by atoms with Gasteiger partial charge in [0.2, 0.25) is 0 Å². The zero-order chi connectivity index (χ0) is 13.4. The van der Waals surface area contributed by atoms with Crippen molar-refractivity contribution in [1.82, 2.24) is 9.38 Å². The van der Waals surface area contributed by atoms with E-state index in [1.807, 2.05) is 28.2 Å². The molecule has 1 atom stereocenters. The van der Waals surface area contributed by atoms with Gasteiger partial charge in [0.05, 0.1) is 5.69 Å². The minimum Gasteiger partial charge on any atom is -0.324 e. The van der Waals surface area contributed by atoms with E-state index in [-0.39, 0.29) is 6.04 Å². The van der Waals surface area contributed by atoms with Crippen LogP contribution in [0.15, 0.2) is 40.4 Å². The lowest BCUT2D eigenvalue weighted by Crippen LogP contribution is -2.14. The van der Waals surface area contributed by atoms with Gasteiger partial charge in [-0.05, 0) is 46.4 Å². The maximum absolute atomic E-state index is 6.31. The van der Waals surface area contributed by atoms with Gasteiger partial charge in [-0.2, -0.15) is 0 Å². The van der Waals surface area contributed by atoms with Crippen LogP contribution in [-0.2, 0) is 6.42 Å². The number of thiazole rings is 1. The lowest BCUT2D eigenvalue weighted by molar-refractivity contribution is 0.706. The van der Waals surface area contributed by atoms with Crippen molar-refractivity contribution in [2.75, 3.05) is 0 Å². The average Bonchev–Trinajstić information content (AvgIpc) is 2.92. The van der Waals surface area contributed by atoms with Crippen LogP contribution in [0.5, 0.6) is 0 Å². The zero-order valence-corrected chi connectivity index (χ0v) is 14.4. The highest BCUT2D eigenvalue weighted by Crippen LogP contribution is 2.26. The summed E-state index contributed by atoms with van der Waals surface area (Å²) in [4.78, 5) is 5.59. The third kappa shape index (κ3) is 2.86. The summed E-state index contributed by atoms with van der Waals surface area (Å²) in [6.07, 6.45) is 4.81. The second kappa shape index (κ2) is 5.51. The summed E-state index contributed by atoms with van der Waals surface area (Å²) < 4.78 is 4.29. The topological polar surface area (TPSA) is 43.3 Å². The molecule has 0 bridgehead atoms. The number of rotatable bonds is 3. The molecular weight excluding hydrogens is 437 g/mol. The number of aromatic nitrogens is 2. The van der Waals surface area contributed by atoms with Gasteiger partial charge in [0.15, 0.2) is 4.96 Å². The molecule has 1 unspecified atom stereocenters. The fraction of sp³-hybridized carbons (Fsp3) is 0.154. The van der Waals surface area contributed by atoms with Gasteiger partial charge in [-0.1, -0.05) is 15.9 Å². The van der Waals surface area contributed by atoms with Crippen molar-refractivity contribution in [3.8, 4) is 0 Å². The highest BCUT2D eigenvalue weighted by molar-refractivity contribution is 14.1. The summed E-state index contributed by atoms with van der Waals surface area (Å²) in [6.45, 7) is 0. The SMILES string of the molecule is NC(Cc1cn2ccsc2n1)c1cc(I)ccc1Br. The lowest BCUT2D eigenvalue weighted by atomic mass is 10.0. The van der Waals surface area contributed by atoms with Crippen LogP contribution in [0.1, 0.15) is 17.3 Å². The van der Waals surface area contributed by atoms with Gasteiger partial charge in [0, 0.05) is 38.3 Å². The smallest absolute Gasteiger partial charge is 0.193 e. The average molecular weight is 448 g/mol. The van der Waals surface area contributed by atoms with Gasteiger partial charge in [-0.15, -0.1) is 11.3 Å². The molecular formula is C13H11BrIN3S. The molecule has 1 aromatic carbocycles. The normalized spacial score (nSPS) is 13.0. The van der Waals surface area contributed by atoms with Crippen molar-refractivity contribution in [3.05, 3.63) is 55.3 Å². The third-order valence-corrected chi connectivity index (χ3v) is 5.09. The monoisotopic (exact) mass is 447 g/mol. The molecule has 0 radical (unpaired) electrons. The first-order valence-corrected chi connectivity index (χ1v) is 8.50. The number of nitrogens with two attached hydrogens (primary N) is 1. The van der Waals surface area contributed by atoms with Crippen LogP contribution < -0.4 is 5.73 Å². The van der Waals surface area contributed by atoms with Gasteiger partial charge in [0.25, 0.3) is 0 Å². The van der Waals surface area contributed by atoms with E-state index >= 15 is 0 Å². The van der Waals surface area contributed by atoms with E-state index in [1.165, 1.54) is 3.57 Å². The molecule has 3 nitrogen and oxygen atoms in total. The van der Waals surface area contributed by atoms with Gasteiger partial charge in [0.1, 0.15) is 0 Å². The van der Waals surface area contributed by atoms with Gasteiger partial charge in [-0.3, -0.25) is 4.40 Å². The molecule has 0 aliphatic carbocycles. The van der Waals surface area contributed by atoms with Crippen molar-refractivity contribution in [2.45, 2.75) is 12.5 Å². The van der Waals surface area contributed by atoms with Crippen molar-refractivity contribution in [2.24, 2.45) is 5.73 Å². The molecule has 0 aliphatic heterocycles. The Morgan fingerprint density at radius 2 is 2.32 bits per heavy atom. The van der Waals surface area contributed by atoms with E-state index in [9.17, 15) is 0 Å². The van der Waals surface area contributed by atoms with Gasteiger partial charge >= 0.3 is 0 Å². The number of halogens is 2. The van der Waals surface area contributed by atoms with Crippen LogP contribution in [0.4, 0.5) is 0 Å². The standard InChI is InChI=1S/C13H11BrIN3S/c14-11-2-1-8(15)5-10(11)12(16)6-9-7-18-3-4-19-13(18)17-9/h1-5,7,12H,6,16H2. The molecule has 6 heteroatoms. The molecule has 0 saturated heterocycles. The molecule has 98 valence electrons. The molecule has 0 aliphatic rings. The number of fused-ring (bicyclic) bond motifs is 1. The molecule has 19 heavy (non-hydrogen) atoms. The second-order valence-electron chi connectivity index (χ2n) is 4.30. The molecule has 0 fully saturated rings. The number of hydrogen-bond donors (Lipinski definition) is 1. The summed E-state index contributed by atoms with van der Waals surface area (Å²) in [5.74, 6) is 0. The molecule has 2 N–H and O–H groups in total. The molecule has 3 rings (SSSR count). The molecule has 0 saturated carbocycles. The Bertz CT molecular complexity index is 693. The van der Waals surface area contributed by atoms with Crippen LogP contribution in [0.25, 0.3) is 4.96 Å². The maximum Gasteiger partial charge on any atom is 0.193 e. The van der Waals surface area contributed by atoms with Crippen molar-refractivity contribution in [1.29, 1.82) is 0 Å². The Kier molecular flexibility index (Phi) is 3.93.